The standard InChI is InChI=1S/C22H23N3O7S/c1-14(24-33(30,31)21-10-6-5-9-19(21)25(28)29)20(26)12-15(22(27)32-2)11-16-13-23-18-8-4-3-7-17(16)18/h3-10,13-15,23-24H,11-12H2,1-2H3/t14-,15+/m0/s1. The van der Waals surface area contributed by atoms with Crippen molar-refractivity contribution in [3.8, 4) is 0 Å². The third kappa shape index (κ3) is 5.44. The first-order chi connectivity index (χ1) is 15.6. The number of benzene rings is 2. The van der Waals surface area contributed by atoms with Gasteiger partial charge in [-0.1, -0.05) is 30.3 Å². The second kappa shape index (κ2) is 9.92. The summed E-state index contributed by atoms with van der Waals surface area (Å²) in [5, 5.41) is 12.1. The van der Waals surface area contributed by atoms with E-state index >= 15 is 0 Å². The number of aromatic amines is 1. The fourth-order valence-corrected chi connectivity index (χ4v) is 4.99. The van der Waals surface area contributed by atoms with Gasteiger partial charge in [0.1, 0.15) is 0 Å². The number of hydrogen-bond donors (Lipinski definition) is 2. The maximum absolute atomic E-state index is 12.8. The highest BCUT2D eigenvalue weighted by atomic mass is 32.2. The molecule has 0 saturated heterocycles. The fourth-order valence-electron chi connectivity index (χ4n) is 3.59. The first-order valence-corrected chi connectivity index (χ1v) is 11.5. The van der Waals surface area contributed by atoms with E-state index in [1.165, 1.54) is 26.2 Å². The maximum Gasteiger partial charge on any atom is 0.309 e. The minimum Gasteiger partial charge on any atom is -0.469 e. The Morgan fingerprint density at radius 1 is 1.15 bits per heavy atom. The van der Waals surface area contributed by atoms with Crippen LogP contribution in [-0.2, 0) is 30.8 Å². The van der Waals surface area contributed by atoms with Gasteiger partial charge in [0.15, 0.2) is 10.7 Å². The molecule has 11 heteroatoms. The van der Waals surface area contributed by atoms with E-state index in [-0.39, 0.29) is 12.8 Å². The summed E-state index contributed by atoms with van der Waals surface area (Å²) < 4.78 is 32.4. The number of ketones is 1. The zero-order chi connectivity index (χ0) is 24.2. The maximum atomic E-state index is 12.8. The van der Waals surface area contributed by atoms with E-state index in [0.717, 1.165) is 28.6 Å². The summed E-state index contributed by atoms with van der Waals surface area (Å²) in [7, 11) is -3.14. The molecule has 0 aliphatic carbocycles. The Labute approximate surface area is 190 Å². The average molecular weight is 474 g/mol. The number of nitro benzene ring substituents is 1. The second-order valence-corrected chi connectivity index (χ2v) is 9.20. The predicted octanol–water partition coefficient (Wildman–Crippen LogP) is 2.73. The number of esters is 1. The van der Waals surface area contributed by atoms with Gasteiger partial charge in [-0.3, -0.25) is 19.7 Å². The molecule has 2 atom stereocenters. The largest absolute Gasteiger partial charge is 0.469 e. The lowest BCUT2D eigenvalue weighted by Crippen LogP contribution is -2.40. The van der Waals surface area contributed by atoms with E-state index in [1.807, 2.05) is 24.3 Å². The smallest absolute Gasteiger partial charge is 0.309 e. The normalized spacial score (nSPS) is 13.4. The molecule has 1 aromatic heterocycles. The molecule has 0 radical (unpaired) electrons. The third-order valence-electron chi connectivity index (χ3n) is 5.29. The number of nitrogens with one attached hydrogen (secondary N) is 2. The molecule has 0 fully saturated rings. The Morgan fingerprint density at radius 2 is 1.82 bits per heavy atom. The van der Waals surface area contributed by atoms with Gasteiger partial charge in [-0.25, -0.2) is 13.1 Å². The quantitative estimate of drug-likeness (QED) is 0.261. The molecule has 3 rings (SSSR count). The van der Waals surface area contributed by atoms with E-state index in [1.54, 1.807) is 6.20 Å². The zero-order valence-corrected chi connectivity index (χ0v) is 18.8. The van der Waals surface area contributed by atoms with Gasteiger partial charge in [0, 0.05) is 29.6 Å². The summed E-state index contributed by atoms with van der Waals surface area (Å²) in [6.45, 7) is 1.33. The number of ether oxygens (including phenoxy) is 1. The van der Waals surface area contributed by atoms with Crippen molar-refractivity contribution in [3.63, 3.8) is 0 Å². The van der Waals surface area contributed by atoms with E-state index in [4.69, 9.17) is 4.74 Å². The molecule has 0 aliphatic heterocycles. The summed E-state index contributed by atoms with van der Waals surface area (Å²) in [4.78, 5) is 38.1. The zero-order valence-electron chi connectivity index (χ0n) is 18.0. The molecular formula is C22H23N3O7S. The number of carbonyl (C=O) groups excluding carboxylic acids is 2. The van der Waals surface area contributed by atoms with Gasteiger partial charge in [-0.2, -0.15) is 0 Å². The van der Waals surface area contributed by atoms with Gasteiger partial charge in [0.2, 0.25) is 10.0 Å². The van der Waals surface area contributed by atoms with Crippen molar-refractivity contribution in [2.24, 2.45) is 5.92 Å². The van der Waals surface area contributed by atoms with E-state index in [9.17, 15) is 28.1 Å². The highest BCUT2D eigenvalue weighted by Gasteiger charge is 2.31. The van der Waals surface area contributed by atoms with Crippen LogP contribution in [0.3, 0.4) is 0 Å². The van der Waals surface area contributed by atoms with Crippen LogP contribution in [0.2, 0.25) is 0 Å². The lowest BCUT2D eigenvalue weighted by Gasteiger charge is -2.18. The van der Waals surface area contributed by atoms with Crippen LogP contribution in [0.25, 0.3) is 10.9 Å². The van der Waals surface area contributed by atoms with Crippen molar-refractivity contribution in [2.45, 2.75) is 30.7 Å². The Hall–Kier alpha value is -3.57. The molecule has 0 amide bonds. The van der Waals surface area contributed by atoms with Crippen molar-refractivity contribution >= 4 is 38.4 Å². The van der Waals surface area contributed by atoms with Crippen LogP contribution >= 0.6 is 0 Å². The molecule has 174 valence electrons. The Bertz CT molecular complexity index is 1300. The minimum atomic E-state index is -4.35. The fraction of sp³-hybridized carbons (Fsp3) is 0.273. The number of fused-ring (bicyclic) bond motifs is 1. The summed E-state index contributed by atoms with van der Waals surface area (Å²) in [5.41, 5.74) is 1.10. The van der Waals surface area contributed by atoms with E-state index < -0.39 is 49.2 Å². The SMILES string of the molecule is COC(=O)[C@@H](CC(=O)[C@H](C)NS(=O)(=O)c1ccccc1[N+](=O)[O-])Cc1c[nH]c2ccccc12. The monoisotopic (exact) mass is 473 g/mol. The van der Waals surface area contributed by atoms with Crippen molar-refractivity contribution < 1.29 is 27.7 Å². The minimum absolute atomic E-state index is 0.214. The molecule has 3 aromatic rings. The molecule has 2 N–H and O–H groups in total. The molecule has 10 nitrogen and oxygen atoms in total. The van der Waals surface area contributed by atoms with E-state index in [0.29, 0.717) is 0 Å². The van der Waals surface area contributed by atoms with Crippen molar-refractivity contribution in [3.05, 3.63) is 70.4 Å². The van der Waals surface area contributed by atoms with E-state index in [2.05, 4.69) is 9.71 Å². The number of methoxy groups -OCH3 is 1. The number of nitrogens with zero attached hydrogens (tertiary/aromatic N) is 1. The number of carbonyl (C=O) groups is 2. The van der Waals surface area contributed by atoms with Crippen LogP contribution in [-0.4, -0.2) is 43.2 Å². The number of aromatic nitrogens is 1. The van der Waals surface area contributed by atoms with Crippen LogP contribution in [0.5, 0.6) is 0 Å². The van der Waals surface area contributed by atoms with Gasteiger partial charge >= 0.3 is 5.97 Å². The molecule has 0 aliphatic rings. The van der Waals surface area contributed by atoms with Crippen LogP contribution in [0.4, 0.5) is 5.69 Å². The highest BCUT2D eigenvalue weighted by molar-refractivity contribution is 7.89. The first-order valence-electron chi connectivity index (χ1n) is 10.0. The highest BCUT2D eigenvalue weighted by Crippen LogP contribution is 2.25. The van der Waals surface area contributed by atoms with Crippen LogP contribution in [0.1, 0.15) is 18.9 Å². The Kier molecular flexibility index (Phi) is 7.24. The number of rotatable bonds is 10. The number of H-pyrrole nitrogens is 1. The summed E-state index contributed by atoms with van der Waals surface area (Å²) in [5.74, 6) is -1.98. The summed E-state index contributed by atoms with van der Waals surface area (Å²) in [6.07, 6.45) is 1.70. The van der Waals surface area contributed by atoms with Gasteiger partial charge < -0.3 is 9.72 Å². The number of hydrogen-bond acceptors (Lipinski definition) is 7. The summed E-state index contributed by atoms with van der Waals surface area (Å²) in [6, 6.07) is 11.1. The van der Waals surface area contributed by atoms with Gasteiger partial charge in [0.05, 0.1) is 24.0 Å². The molecule has 0 unspecified atom stereocenters. The molecule has 1 heterocycles. The molecule has 0 saturated carbocycles. The Balaban J connectivity index is 1.77. The molecule has 33 heavy (non-hydrogen) atoms. The predicted molar refractivity (Wildman–Crippen MR) is 120 cm³/mol. The van der Waals surface area contributed by atoms with Gasteiger partial charge in [-0.15, -0.1) is 0 Å². The van der Waals surface area contributed by atoms with Crippen molar-refractivity contribution in [1.82, 2.24) is 9.71 Å². The van der Waals surface area contributed by atoms with Gasteiger partial charge in [-0.05, 0) is 31.0 Å². The molecule has 0 spiro atoms. The summed E-state index contributed by atoms with van der Waals surface area (Å²) >= 11 is 0. The lowest BCUT2D eigenvalue weighted by molar-refractivity contribution is -0.387. The van der Waals surface area contributed by atoms with Crippen LogP contribution in [0, 0.1) is 16.0 Å². The number of Topliss-reactive ketones (excluding diaryl/α,β-unsaturated/α-hetero) is 1. The van der Waals surface area contributed by atoms with Crippen LogP contribution < -0.4 is 4.72 Å². The molecular weight excluding hydrogens is 450 g/mol. The molecule has 2 aromatic carbocycles. The number of para-hydroxylation sites is 2. The topological polar surface area (TPSA) is 148 Å². The number of nitro groups is 1. The number of sulfonamides is 1. The lowest BCUT2D eigenvalue weighted by atomic mass is 9.92. The third-order valence-corrected chi connectivity index (χ3v) is 6.88. The first kappa shape index (κ1) is 24.1. The van der Waals surface area contributed by atoms with Gasteiger partial charge in [0.25, 0.3) is 5.69 Å². The van der Waals surface area contributed by atoms with Crippen LogP contribution in [0.15, 0.2) is 59.6 Å². The average Bonchev–Trinajstić information content (AvgIpc) is 3.20. The van der Waals surface area contributed by atoms with Crippen molar-refractivity contribution in [1.29, 1.82) is 0 Å². The second-order valence-electron chi connectivity index (χ2n) is 7.52. The van der Waals surface area contributed by atoms with Crippen molar-refractivity contribution in [2.75, 3.05) is 7.11 Å². The Morgan fingerprint density at radius 3 is 2.52 bits per heavy atom. The molecule has 0 bridgehead atoms.